The van der Waals surface area contributed by atoms with E-state index in [4.69, 9.17) is 0 Å². The minimum Gasteiger partial charge on any atom is -0.354 e. The van der Waals surface area contributed by atoms with Gasteiger partial charge in [0, 0.05) is 26.2 Å². The highest BCUT2D eigenvalue weighted by molar-refractivity contribution is 5.35. The maximum absolute atomic E-state index is 4.01. The third-order valence-electron chi connectivity index (χ3n) is 2.33. The third kappa shape index (κ3) is 1.43. The van der Waals surface area contributed by atoms with Crippen molar-refractivity contribution in [3.05, 3.63) is 12.5 Å². The van der Waals surface area contributed by atoms with Crippen molar-refractivity contribution in [2.75, 3.05) is 38.1 Å². The second-order valence-electron chi connectivity index (χ2n) is 3.23. The zero-order chi connectivity index (χ0) is 8.39. The van der Waals surface area contributed by atoms with Crippen LogP contribution < -0.4 is 4.90 Å². The molecule has 1 aliphatic rings. The number of piperazine rings is 1. The minimum absolute atomic E-state index is 1.10. The van der Waals surface area contributed by atoms with Crippen molar-refractivity contribution in [1.82, 2.24) is 14.9 Å². The molecule has 1 aromatic rings. The predicted molar refractivity (Wildman–Crippen MR) is 48.3 cm³/mol. The standard InChI is InChI=1S/C8H14N4/c1-11-2-4-12(5-3-11)8-6-9-7-10-8/h6-7H,2-5H2,1H3,(H,9,10). The predicted octanol–water partition coefficient (Wildman–Crippen LogP) is 0.162. The number of imidazole rings is 1. The van der Waals surface area contributed by atoms with Gasteiger partial charge in [0.2, 0.25) is 0 Å². The quantitative estimate of drug-likeness (QED) is 0.645. The van der Waals surface area contributed by atoms with E-state index in [-0.39, 0.29) is 0 Å². The van der Waals surface area contributed by atoms with E-state index in [1.165, 1.54) is 0 Å². The van der Waals surface area contributed by atoms with Gasteiger partial charge in [-0.2, -0.15) is 0 Å². The monoisotopic (exact) mass is 166 g/mol. The highest BCUT2D eigenvalue weighted by atomic mass is 15.3. The Balaban J connectivity index is 1.99. The van der Waals surface area contributed by atoms with Gasteiger partial charge in [0.15, 0.2) is 0 Å². The van der Waals surface area contributed by atoms with Crippen LogP contribution in [-0.2, 0) is 0 Å². The second-order valence-corrected chi connectivity index (χ2v) is 3.23. The van der Waals surface area contributed by atoms with E-state index >= 15 is 0 Å². The van der Waals surface area contributed by atoms with Crippen LogP contribution in [0.25, 0.3) is 0 Å². The van der Waals surface area contributed by atoms with E-state index in [1.54, 1.807) is 6.33 Å². The molecule has 0 saturated carbocycles. The number of hydrogen-bond acceptors (Lipinski definition) is 3. The van der Waals surface area contributed by atoms with Gasteiger partial charge in [0.1, 0.15) is 5.82 Å². The summed E-state index contributed by atoms with van der Waals surface area (Å²) in [6, 6.07) is 0. The Morgan fingerprint density at radius 1 is 1.33 bits per heavy atom. The largest absolute Gasteiger partial charge is 0.354 e. The summed E-state index contributed by atoms with van der Waals surface area (Å²) in [7, 11) is 2.16. The molecule has 0 aliphatic carbocycles. The molecular formula is C8H14N4. The van der Waals surface area contributed by atoms with Crippen molar-refractivity contribution < 1.29 is 0 Å². The summed E-state index contributed by atoms with van der Waals surface area (Å²) in [6.45, 7) is 4.47. The van der Waals surface area contributed by atoms with E-state index in [1.807, 2.05) is 6.20 Å². The van der Waals surface area contributed by atoms with Crippen LogP contribution in [0, 0.1) is 0 Å². The van der Waals surface area contributed by atoms with Crippen molar-refractivity contribution >= 4 is 5.82 Å². The highest BCUT2D eigenvalue weighted by Crippen LogP contribution is 2.10. The first-order valence-electron chi connectivity index (χ1n) is 4.28. The van der Waals surface area contributed by atoms with Crippen LogP contribution in [0.4, 0.5) is 5.82 Å². The molecule has 1 aliphatic heterocycles. The molecule has 1 fully saturated rings. The molecule has 1 N–H and O–H groups in total. The van der Waals surface area contributed by atoms with Gasteiger partial charge < -0.3 is 14.8 Å². The molecule has 0 radical (unpaired) electrons. The maximum atomic E-state index is 4.01. The summed E-state index contributed by atoms with van der Waals surface area (Å²) in [4.78, 5) is 11.8. The minimum atomic E-state index is 1.10. The van der Waals surface area contributed by atoms with Gasteiger partial charge in [-0.15, -0.1) is 0 Å². The Labute approximate surface area is 72.2 Å². The molecule has 66 valence electrons. The van der Waals surface area contributed by atoms with Crippen molar-refractivity contribution in [3.63, 3.8) is 0 Å². The lowest BCUT2D eigenvalue weighted by Gasteiger charge is -2.32. The molecule has 4 nitrogen and oxygen atoms in total. The van der Waals surface area contributed by atoms with Crippen LogP contribution in [0.15, 0.2) is 12.5 Å². The Morgan fingerprint density at radius 3 is 2.67 bits per heavy atom. The Kier molecular flexibility index (Phi) is 1.99. The number of anilines is 1. The molecule has 4 heteroatoms. The number of rotatable bonds is 1. The summed E-state index contributed by atoms with van der Waals surface area (Å²) >= 11 is 0. The summed E-state index contributed by atoms with van der Waals surface area (Å²) < 4.78 is 0. The first-order valence-corrected chi connectivity index (χ1v) is 4.28. The molecule has 0 bridgehead atoms. The number of aromatic nitrogens is 2. The molecule has 0 atom stereocenters. The average molecular weight is 166 g/mol. The average Bonchev–Trinajstić information content (AvgIpc) is 2.58. The summed E-state index contributed by atoms with van der Waals surface area (Å²) in [5, 5.41) is 0. The summed E-state index contributed by atoms with van der Waals surface area (Å²) in [6.07, 6.45) is 3.61. The van der Waals surface area contributed by atoms with Crippen molar-refractivity contribution in [2.45, 2.75) is 0 Å². The molecule has 1 aromatic heterocycles. The zero-order valence-electron chi connectivity index (χ0n) is 7.32. The smallest absolute Gasteiger partial charge is 0.125 e. The SMILES string of the molecule is CN1CCN(c2cnc[nH]2)CC1. The highest BCUT2D eigenvalue weighted by Gasteiger charge is 2.14. The van der Waals surface area contributed by atoms with Gasteiger partial charge in [-0.25, -0.2) is 4.98 Å². The Morgan fingerprint density at radius 2 is 2.08 bits per heavy atom. The van der Waals surface area contributed by atoms with Crippen molar-refractivity contribution in [3.8, 4) is 0 Å². The number of likely N-dealkylation sites (N-methyl/N-ethyl adjacent to an activating group) is 1. The summed E-state index contributed by atoms with van der Waals surface area (Å²) in [5.74, 6) is 1.14. The van der Waals surface area contributed by atoms with Crippen LogP contribution in [0.2, 0.25) is 0 Å². The van der Waals surface area contributed by atoms with Crippen LogP contribution in [0.3, 0.4) is 0 Å². The molecule has 0 aromatic carbocycles. The molecule has 0 amide bonds. The first-order chi connectivity index (χ1) is 5.86. The second kappa shape index (κ2) is 3.15. The number of nitrogens with zero attached hydrogens (tertiary/aromatic N) is 3. The van der Waals surface area contributed by atoms with E-state index in [9.17, 15) is 0 Å². The van der Waals surface area contributed by atoms with Gasteiger partial charge >= 0.3 is 0 Å². The lowest BCUT2D eigenvalue weighted by Crippen LogP contribution is -2.44. The zero-order valence-corrected chi connectivity index (χ0v) is 7.32. The first kappa shape index (κ1) is 7.61. The van der Waals surface area contributed by atoms with Crippen molar-refractivity contribution in [2.24, 2.45) is 0 Å². The van der Waals surface area contributed by atoms with E-state index in [0.717, 1.165) is 32.0 Å². The van der Waals surface area contributed by atoms with Gasteiger partial charge in [-0.3, -0.25) is 0 Å². The fourth-order valence-corrected chi connectivity index (χ4v) is 1.47. The molecule has 1 saturated heterocycles. The molecule has 2 heterocycles. The van der Waals surface area contributed by atoms with Gasteiger partial charge in [-0.1, -0.05) is 0 Å². The van der Waals surface area contributed by atoms with Crippen LogP contribution in [-0.4, -0.2) is 48.1 Å². The lowest BCUT2D eigenvalue weighted by atomic mass is 10.3. The van der Waals surface area contributed by atoms with E-state index in [0.29, 0.717) is 0 Å². The third-order valence-corrected chi connectivity index (χ3v) is 2.33. The van der Waals surface area contributed by atoms with E-state index in [2.05, 4.69) is 26.8 Å². The number of hydrogen-bond donors (Lipinski definition) is 1. The fraction of sp³-hybridized carbons (Fsp3) is 0.625. The molecule has 0 unspecified atom stereocenters. The molecular weight excluding hydrogens is 152 g/mol. The van der Waals surface area contributed by atoms with Crippen LogP contribution in [0.1, 0.15) is 0 Å². The number of H-pyrrole nitrogens is 1. The Hall–Kier alpha value is -1.03. The van der Waals surface area contributed by atoms with Gasteiger partial charge in [0.25, 0.3) is 0 Å². The fourth-order valence-electron chi connectivity index (χ4n) is 1.47. The van der Waals surface area contributed by atoms with E-state index < -0.39 is 0 Å². The van der Waals surface area contributed by atoms with Gasteiger partial charge in [0.05, 0.1) is 12.5 Å². The van der Waals surface area contributed by atoms with Crippen LogP contribution >= 0.6 is 0 Å². The van der Waals surface area contributed by atoms with Crippen molar-refractivity contribution in [1.29, 1.82) is 0 Å². The maximum Gasteiger partial charge on any atom is 0.125 e. The summed E-state index contributed by atoms with van der Waals surface area (Å²) in [5.41, 5.74) is 0. The van der Waals surface area contributed by atoms with Gasteiger partial charge in [-0.05, 0) is 7.05 Å². The lowest BCUT2D eigenvalue weighted by molar-refractivity contribution is 0.312. The topological polar surface area (TPSA) is 35.2 Å². The Bertz CT molecular complexity index is 223. The number of nitrogens with one attached hydrogen (secondary N) is 1. The van der Waals surface area contributed by atoms with Crippen LogP contribution in [0.5, 0.6) is 0 Å². The molecule has 12 heavy (non-hydrogen) atoms. The normalized spacial score (nSPS) is 19.9. The molecule has 0 spiro atoms. The number of aromatic amines is 1. The molecule has 2 rings (SSSR count).